The molecular weight excluding hydrogens is 560 g/mol. The van der Waals surface area contributed by atoms with Crippen LogP contribution in [0.4, 0.5) is 0 Å². The molecule has 3 aromatic carbocycles. The summed E-state index contributed by atoms with van der Waals surface area (Å²) in [7, 11) is 0. The van der Waals surface area contributed by atoms with Crippen molar-refractivity contribution in [3.05, 3.63) is 158 Å². The first-order valence-corrected chi connectivity index (χ1v) is 17.6. The first kappa shape index (κ1) is 36.5. The predicted octanol–water partition coefficient (Wildman–Crippen LogP) is 11.0. The number of fused-ring (bicyclic) bond motifs is 1. The van der Waals surface area contributed by atoms with E-state index in [9.17, 15) is 4.79 Å². The van der Waals surface area contributed by atoms with E-state index in [0.29, 0.717) is 11.8 Å². The van der Waals surface area contributed by atoms with Gasteiger partial charge in [-0.05, 0) is 81.0 Å². The first-order chi connectivity index (χ1) is 22.5. The van der Waals surface area contributed by atoms with Gasteiger partial charge in [0, 0.05) is 11.5 Å². The van der Waals surface area contributed by atoms with E-state index in [0.717, 1.165) is 60.3 Å². The van der Waals surface area contributed by atoms with Gasteiger partial charge in [-0.1, -0.05) is 150 Å². The van der Waals surface area contributed by atoms with Crippen LogP contribution in [0, 0.1) is 12.8 Å². The molecule has 0 saturated heterocycles. The molecule has 2 aliphatic carbocycles. The minimum atomic E-state index is -0.201. The Labute approximate surface area is 279 Å². The highest BCUT2D eigenvalue weighted by Gasteiger charge is 2.27. The molecule has 3 heteroatoms. The number of aryl methyl sites for hydroxylation is 2. The van der Waals surface area contributed by atoms with Gasteiger partial charge in [0.1, 0.15) is 5.82 Å². The van der Waals surface area contributed by atoms with Gasteiger partial charge >= 0.3 is 0 Å². The minimum Gasteiger partial charge on any atom is -0.285 e. The highest BCUT2D eigenvalue weighted by atomic mass is 16.1. The molecule has 0 fully saturated rings. The Morgan fingerprint density at radius 2 is 1.26 bits per heavy atom. The van der Waals surface area contributed by atoms with Crippen molar-refractivity contribution >= 4 is 0 Å². The maximum atomic E-state index is 14.3. The van der Waals surface area contributed by atoms with Crippen LogP contribution >= 0.6 is 0 Å². The van der Waals surface area contributed by atoms with Crippen LogP contribution in [0.1, 0.15) is 120 Å². The van der Waals surface area contributed by atoms with Crippen LogP contribution in [0.25, 0.3) is 0 Å². The maximum absolute atomic E-state index is 14.3. The van der Waals surface area contributed by atoms with E-state index in [1.165, 1.54) is 22.3 Å². The molecule has 1 unspecified atom stereocenters. The van der Waals surface area contributed by atoms with Crippen molar-refractivity contribution in [3.8, 4) is 0 Å². The minimum absolute atomic E-state index is 0.119. The zero-order valence-corrected chi connectivity index (χ0v) is 29.8. The zero-order chi connectivity index (χ0) is 33.6. The number of benzene rings is 3. The Bertz CT molecular complexity index is 1550. The second-order valence-electron chi connectivity index (χ2n) is 11.6. The molecule has 0 N–H and O–H groups in total. The molecular formula is C43H56N2O. The van der Waals surface area contributed by atoms with E-state index in [2.05, 4.69) is 74.5 Å². The molecule has 46 heavy (non-hydrogen) atoms. The van der Waals surface area contributed by atoms with Crippen molar-refractivity contribution in [2.45, 2.75) is 106 Å². The number of rotatable bonds is 6. The average Bonchev–Trinajstić information content (AvgIpc) is 3.31. The summed E-state index contributed by atoms with van der Waals surface area (Å²) in [6.07, 6.45) is 9.31. The van der Waals surface area contributed by atoms with E-state index >= 15 is 0 Å². The molecule has 6 rings (SSSR count). The fraction of sp³-hybridized carbons (Fsp3) is 0.395. The molecule has 2 aliphatic rings. The average molecular weight is 617 g/mol. The lowest BCUT2D eigenvalue weighted by Crippen LogP contribution is -2.33. The molecule has 244 valence electrons. The lowest BCUT2D eigenvalue weighted by atomic mass is 9.87. The fourth-order valence-electron chi connectivity index (χ4n) is 6.85. The number of nitrogens with zero attached hydrogens (tertiary/aromatic N) is 2. The quantitative estimate of drug-likeness (QED) is 0.202. The summed E-state index contributed by atoms with van der Waals surface area (Å²) in [5, 5.41) is 0. The molecule has 0 spiro atoms. The highest BCUT2D eigenvalue weighted by Crippen LogP contribution is 2.36. The molecule has 0 bridgehead atoms. The van der Waals surface area contributed by atoms with Crippen LogP contribution in [0.3, 0.4) is 0 Å². The lowest BCUT2D eigenvalue weighted by molar-refractivity contribution is 0.475. The Morgan fingerprint density at radius 1 is 0.739 bits per heavy atom. The molecule has 4 aromatic rings. The van der Waals surface area contributed by atoms with Crippen LogP contribution < -0.4 is 5.56 Å². The van der Waals surface area contributed by atoms with Gasteiger partial charge in [0.05, 0.1) is 11.7 Å². The molecule has 0 aliphatic heterocycles. The second-order valence-corrected chi connectivity index (χ2v) is 11.6. The van der Waals surface area contributed by atoms with Crippen molar-refractivity contribution in [2.24, 2.45) is 5.92 Å². The Hall–Kier alpha value is -3.98. The summed E-state index contributed by atoms with van der Waals surface area (Å²) in [5.74, 6) is 1.63. The van der Waals surface area contributed by atoms with Crippen LogP contribution in [0.15, 0.2) is 113 Å². The van der Waals surface area contributed by atoms with Gasteiger partial charge < -0.3 is 0 Å². The van der Waals surface area contributed by atoms with Gasteiger partial charge in [0.25, 0.3) is 5.56 Å². The third-order valence-electron chi connectivity index (χ3n) is 8.84. The normalized spacial score (nSPS) is 15.5. The summed E-state index contributed by atoms with van der Waals surface area (Å²) >= 11 is 0. The van der Waals surface area contributed by atoms with Crippen molar-refractivity contribution < 1.29 is 0 Å². The zero-order valence-electron chi connectivity index (χ0n) is 29.8. The maximum Gasteiger partial charge on any atom is 0.257 e. The van der Waals surface area contributed by atoms with Gasteiger partial charge in [-0.2, -0.15) is 0 Å². The smallest absolute Gasteiger partial charge is 0.257 e. The van der Waals surface area contributed by atoms with Gasteiger partial charge in [0.2, 0.25) is 0 Å². The van der Waals surface area contributed by atoms with Crippen molar-refractivity contribution in [1.82, 2.24) is 9.55 Å². The second kappa shape index (κ2) is 18.2. The van der Waals surface area contributed by atoms with E-state index in [4.69, 9.17) is 4.98 Å². The highest BCUT2D eigenvalue weighted by molar-refractivity contribution is 5.45. The van der Waals surface area contributed by atoms with Crippen LogP contribution in [-0.2, 0) is 19.3 Å². The molecule has 3 nitrogen and oxygen atoms in total. The van der Waals surface area contributed by atoms with E-state index in [1.54, 1.807) is 0 Å². The Kier molecular flexibility index (Phi) is 14.5. The Morgan fingerprint density at radius 3 is 1.78 bits per heavy atom. The summed E-state index contributed by atoms with van der Waals surface area (Å²) in [5.41, 5.74) is 9.77. The molecule has 1 aromatic heterocycles. The summed E-state index contributed by atoms with van der Waals surface area (Å²) < 4.78 is 1.94. The van der Waals surface area contributed by atoms with E-state index in [1.807, 2.05) is 89.4 Å². The molecule has 0 amide bonds. The first-order valence-electron chi connectivity index (χ1n) is 17.6. The van der Waals surface area contributed by atoms with Gasteiger partial charge in [0.15, 0.2) is 0 Å². The van der Waals surface area contributed by atoms with Crippen LogP contribution in [0.5, 0.6) is 0 Å². The van der Waals surface area contributed by atoms with Crippen LogP contribution in [0.2, 0.25) is 0 Å². The van der Waals surface area contributed by atoms with Gasteiger partial charge in [-0.15, -0.1) is 0 Å². The van der Waals surface area contributed by atoms with Gasteiger partial charge in [-0.25, -0.2) is 4.98 Å². The summed E-state index contributed by atoms with van der Waals surface area (Å²) in [6, 6.07) is 29.7. The molecule has 0 radical (unpaired) electrons. The van der Waals surface area contributed by atoms with Crippen molar-refractivity contribution in [1.29, 1.82) is 0 Å². The summed E-state index contributed by atoms with van der Waals surface area (Å²) in [6.45, 7) is 18.4. The molecule has 1 atom stereocenters. The summed E-state index contributed by atoms with van der Waals surface area (Å²) in [4.78, 5) is 19.4. The van der Waals surface area contributed by atoms with E-state index in [-0.39, 0.29) is 11.6 Å². The van der Waals surface area contributed by atoms with Crippen molar-refractivity contribution in [3.63, 3.8) is 0 Å². The topological polar surface area (TPSA) is 34.9 Å². The fourth-order valence-corrected chi connectivity index (χ4v) is 6.85. The number of hydrogen-bond donors (Lipinski definition) is 0. The SMILES string of the molecule is CC.CC.CC.CC1=CC=C(C)C1c1ccc(CC2CCCc3nc(C)n(C(c4ccccc4)c4ccccc4)c(=O)c3C2)cc1. The molecule has 0 saturated carbocycles. The third-order valence-corrected chi connectivity index (χ3v) is 8.84. The number of allylic oxidation sites excluding steroid dienone is 4. The standard InChI is InChI=1S/C37H38N2O.3C2H6/c1-25-17-18-26(2)35(25)30-21-19-28(20-22-30)23-29-11-10-16-34-33(24-29)37(40)39(27(3)38-34)36(31-12-6-4-7-13-31)32-14-8-5-9-15-32;3*1-2/h4-9,12-15,17-22,29,35-36H,10-11,16,23-24H2,1-3H3;3*1-2H3. The Balaban J connectivity index is 0.000000908. The monoisotopic (exact) mass is 616 g/mol. The van der Waals surface area contributed by atoms with Gasteiger partial charge in [-0.3, -0.25) is 9.36 Å². The van der Waals surface area contributed by atoms with Crippen molar-refractivity contribution in [2.75, 3.05) is 0 Å². The van der Waals surface area contributed by atoms with E-state index < -0.39 is 0 Å². The predicted molar refractivity (Wildman–Crippen MR) is 198 cm³/mol. The third kappa shape index (κ3) is 8.43. The molecule has 1 heterocycles. The number of aromatic nitrogens is 2. The van der Waals surface area contributed by atoms with Crippen LogP contribution in [-0.4, -0.2) is 9.55 Å². The lowest BCUT2D eigenvalue weighted by Gasteiger charge is -2.25. The number of hydrogen-bond acceptors (Lipinski definition) is 2. The largest absolute Gasteiger partial charge is 0.285 e.